The lowest BCUT2D eigenvalue weighted by Crippen LogP contribution is -2.48. The van der Waals surface area contributed by atoms with E-state index in [9.17, 15) is 16.8 Å². The fourth-order valence-electron chi connectivity index (χ4n) is 6.49. The van der Waals surface area contributed by atoms with E-state index in [-0.39, 0.29) is 0 Å². The molecule has 316 valence electrons. The highest BCUT2D eigenvalue weighted by atomic mass is 79.9. The van der Waals surface area contributed by atoms with Gasteiger partial charge in [-0.1, -0.05) is 73.3 Å². The summed E-state index contributed by atoms with van der Waals surface area (Å²) in [4.78, 5) is 14.3. The number of thiazole rings is 2. The summed E-state index contributed by atoms with van der Waals surface area (Å²) in [5.41, 5.74) is 3.47. The minimum Gasteiger partial charge on any atom is -0.497 e. The maximum absolute atomic E-state index is 12.9. The maximum Gasteiger partial charge on any atom is 0.243 e. The van der Waals surface area contributed by atoms with Gasteiger partial charge in [0.1, 0.15) is 11.5 Å². The Morgan fingerprint density at radius 1 is 0.567 bits per heavy atom. The summed E-state index contributed by atoms with van der Waals surface area (Å²) in [5.74, 6) is 1.41. The van der Waals surface area contributed by atoms with Crippen LogP contribution in [0.2, 0.25) is 10.0 Å². The Morgan fingerprint density at radius 3 is 1.43 bits per heavy atom. The second kappa shape index (κ2) is 19.4. The highest BCUT2D eigenvalue weighted by molar-refractivity contribution is 9.10. The topological polar surface area (TPSA) is 125 Å². The third-order valence-corrected chi connectivity index (χ3v) is 17.1. The number of piperazine rings is 2. The van der Waals surface area contributed by atoms with E-state index >= 15 is 0 Å². The average molecular weight is 1060 g/mol. The first kappa shape index (κ1) is 44.7. The van der Waals surface area contributed by atoms with Gasteiger partial charge < -0.3 is 19.3 Å². The third-order valence-electron chi connectivity index (χ3n) is 9.73. The highest BCUT2D eigenvalue weighted by Gasteiger charge is 2.31. The van der Waals surface area contributed by atoms with Crippen molar-refractivity contribution < 1.29 is 26.3 Å². The minimum atomic E-state index is -3.51. The zero-order chi connectivity index (χ0) is 42.6. The van der Waals surface area contributed by atoms with Gasteiger partial charge in [0, 0.05) is 89.3 Å². The van der Waals surface area contributed by atoms with E-state index in [1.807, 2.05) is 47.2 Å². The van der Waals surface area contributed by atoms with Gasteiger partial charge in [-0.2, -0.15) is 8.61 Å². The summed E-state index contributed by atoms with van der Waals surface area (Å²) in [5, 5.41) is 6.70. The highest BCUT2D eigenvalue weighted by Crippen LogP contribution is 2.35. The largest absolute Gasteiger partial charge is 0.497 e. The Hall–Kier alpha value is -3.30. The summed E-state index contributed by atoms with van der Waals surface area (Å²) < 4.78 is 66.9. The summed E-state index contributed by atoms with van der Waals surface area (Å²) >= 11 is 21.8. The molecule has 0 amide bonds. The Morgan fingerprint density at radius 2 is 1.02 bits per heavy atom. The van der Waals surface area contributed by atoms with E-state index in [1.165, 1.54) is 19.9 Å². The van der Waals surface area contributed by atoms with E-state index in [0.29, 0.717) is 83.7 Å². The Kier molecular flexibility index (Phi) is 14.5. The fraction of sp³-hybridized carbons (Fsp3) is 0.250. The third kappa shape index (κ3) is 10.3. The van der Waals surface area contributed by atoms with Crippen molar-refractivity contribution in [2.75, 3.05) is 76.4 Å². The molecule has 12 nitrogen and oxygen atoms in total. The molecule has 6 aromatic rings. The van der Waals surface area contributed by atoms with Crippen LogP contribution in [0.1, 0.15) is 0 Å². The molecule has 0 bridgehead atoms. The predicted octanol–water partition coefficient (Wildman–Crippen LogP) is 9.49. The lowest BCUT2D eigenvalue weighted by molar-refractivity contribution is 0.384. The molecule has 0 atom stereocenters. The van der Waals surface area contributed by atoms with Crippen molar-refractivity contribution in [3.63, 3.8) is 0 Å². The number of methoxy groups -OCH3 is 2. The molecule has 4 aromatic carbocycles. The van der Waals surface area contributed by atoms with Crippen LogP contribution < -0.4 is 19.3 Å². The molecular weight excluding hydrogens is 1020 g/mol. The van der Waals surface area contributed by atoms with E-state index in [4.69, 9.17) is 42.6 Å². The normalized spacial score (nSPS) is 15.4. The van der Waals surface area contributed by atoms with E-state index in [1.54, 1.807) is 74.1 Å². The van der Waals surface area contributed by atoms with Crippen LogP contribution in [0.4, 0.5) is 10.3 Å². The number of benzene rings is 4. The van der Waals surface area contributed by atoms with Crippen molar-refractivity contribution in [1.82, 2.24) is 18.6 Å². The second-order valence-electron chi connectivity index (χ2n) is 13.5. The number of sulfonamides is 2. The van der Waals surface area contributed by atoms with Gasteiger partial charge in [0.05, 0.1) is 45.4 Å². The zero-order valence-corrected chi connectivity index (χ0v) is 40.1. The van der Waals surface area contributed by atoms with E-state index < -0.39 is 20.0 Å². The molecular formula is C40H38Br2Cl2N6O6S4. The molecule has 2 aliphatic rings. The van der Waals surface area contributed by atoms with Gasteiger partial charge in [-0.3, -0.25) is 0 Å². The number of hydrogen-bond acceptors (Lipinski definition) is 12. The molecule has 20 heteroatoms. The Labute approximate surface area is 384 Å². The van der Waals surface area contributed by atoms with Gasteiger partial charge in [0.15, 0.2) is 10.3 Å². The molecule has 2 aromatic heterocycles. The molecule has 2 aliphatic heterocycles. The van der Waals surface area contributed by atoms with Crippen LogP contribution >= 0.6 is 77.7 Å². The molecule has 2 fully saturated rings. The van der Waals surface area contributed by atoms with Gasteiger partial charge in [0.2, 0.25) is 20.0 Å². The number of rotatable bonds is 10. The standard InChI is InChI=1S/C21H22BrN3O4S2.C19H16BrCl2N3O2S2/c1-28-17-10-15(11-18(13-17)29-2)20-14-30-21(23-20)24-6-8-25(9-7-24)31(26,27)19-5-3-4-16(22)12-19;20-14-2-1-3-15(11-14)29(26,27)25-8-6-24(7-9-25)19-23-18(12-28-19)13-4-5-16(21)17(22)10-13/h3-5,10-14H,6-9H2,1-2H3;1-5,10-12H,6-9H2. The molecule has 0 aliphatic carbocycles. The maximum atomic E-state index is 12.9. The molecule has 4 heterocycles. The first-order valence-corrected chi connectivity index (χ1v) is 25.3. The van der Waals surface area contributed by atoms with Gasteiger partial charge >= 0.3 is 0 Å². The molecule has 0 radical (unpaired) electrons. The first-order valence-electron chi connectivity index (χ1n) is 18.4. The average Bonchev–Trinajstić information content (AvgIpc) is 3.97. The second-order valence-corrected chi connectivity index (χ2v) is 21.7. The molecule has 0 unspecified atom stereocenters. The minimum absolute atomic E-state index is 0.302. The molecule has 0 spiro atoms. The number of ether oxygens (including phenoxy) is 2. The van der Waals surface area contributed by atoms with Crippen LogP contribution in [0.5, 0.6) is 11.5 Å². The van der Waals surface area contributed by atoms with Crippen molar-refractivity contribution >= 4 is 108 Å². The smallest absolute Gasteiger partial charge is 0.243 e. The lowest BCUT2D eigenvalue weighted by Gasteiger charge is -2.33. The fourth-order valence-corrected chi connectivity index (χ4v) is 12.6. The molecule has 0 saturated carbocycles. The monoisotopic (exact) mass is 1050 g/mol. The van der Waals surface area contributed by atoms with Crippen LogP contribution in [-0.4, -0.2) is 102 Å². The number of nitrogens with zero attached hydrogens (tertiary/aromatic N) is 6. The van der Waals surface area contributed by atoms with E-state index in [0.717, 1.165) is 41.7 Å². The molecule has 8 rings (SSSR count). The summed E-state index contributed by atoms with van der Waals surface area (Å²) in [6.07, 6.45) is 0. The first-order chi connectivity index (χ1) is 28.7. The van der Waals surface area contributed by atoms with Gasteiger partial charge in [-0.25, -0.2) is 26.8 Å². The summed E-state index contributed by atoms with van der Waals surface area (Å²) in [6.45, 7) is 3.99. The van der Waals surface area contributed by atoms with Crippen LogP contribution in [-0.2, 0) is 20.0 Å². The van der Waals surface area contributed by atoms with Gasteiger partial charge in [-0.05, 0) is 60.7 Å². The van der Waals surface area contributed by atoms with Crippen molar-refractivity contribution in [1.29, 1.82) is 0 Å². The number of hydrogen-bond donors (Lipinski definition) is 0. The van der Waals surface area contributed by atoms with E-state index in [2.05, 4.69) is 41.7 Å². The van der Waals surface area contributed by atoms with Crippen molar-refractivity contribution in [3.05, 3.63) is 115 Å². The summed E-state index contributed by atoms with van der Waals surface area (Å²) in [6, 6.07) is 24.7. The molecule has 2 saturated heterocycles. The van der Waals surface area contributed by atoms with Gasteiger partial charge in [0.25, 0.3) is 0 Å². The summed E-state index contributed by atoms with van der Waals surface area (Å²) in [7, 11) is -3.78. The lowest BCUT2D eigenvalue weighted by atomic mass is 10.1. The van der Waals surface area contributed by atoms with Crippen molar-refractivity contribution in [3.8, 4) is 34.0 Å². The Bertz CT molecular complexity index is 2670. The van der Waals surface area contributed by atoms with Crippen LogP contribution in [0.3, 0.4) is 0 Å². The SMILES string of the molecule is COc1cc(OC)cc(-c2csc(N3CCN(S(=O)(=O)c4cccc(Br)c4)CC3)n2)c1.O=S(=O)(c1cccc(Br)c1)N1CCN(c2nc(-c3ccc(Cl)c(Cl)c3)cs2)CC1. The quantitative estimate of drug-likeness (QED) is 0.131. The van der Waals surface area contributed by atoms with Crippen LogP contribution in [0.15, 0.2) is 114 Å². The van der Waals surface area contributed by atoms with Gasteiger partial charge in [-0.15, -0.1) is 22.7 Å². The number of anilines is 2. The number of aromatic nitrogens is 2. The zero-order valence-electron chi connectivity index (χ0n) is 32.2. The van der Waals surface area contributed by atoms with Crippen LogP contribution in [0, 0.1) is 0 Å². The Balaban J connectivity index is 0.000000182. The number of halogens is 4. The molecule has 60 heavy (non-hydrogen) atoms. The van der Waals surface area contributed by atoms with Crippen molar-refractivity contribution in [2.45, 2.75) is 9.79 Å². The van der Waals surface area contributed by atoms with Crippen molar-refractivity contribution in [2.24, 2.45) is 0 Å². The van der Waals surface area contributed by atoms with Crippen LogP contribution in [0.25, 0.3) is 22.5 Å². The molecule has 0 N–H and O–H groups in total. The predicted molar refractivity (Wildman–Crippen MR) is 248 cm³/mol.